The maximum Gasteiger partial charge on any atom is 0.338 e. The molecule has 0 saturated carbocycles. The lowest BCUT2D eigenvalue weighted by Gasteiger charge is -2.24. The quantitative estimate of drug-likeness (QED) is 0.379. The molecule has 0 aliphatic carbocycles. The number of para-hydroxylation sites is 1. The highest BCUT2D eigenvalue weighted by Gasteiger charge is 2.36. The van der Waals surface area contributed by atoms with Gasteiger partial charge >= 0.3 is 5.97 Å². The van der Waals surface area contributed by atoms with Crippen LogP contribution in [-0.4, -0.2) is 32.3 Å². The molecule has 2 unspecified atom stereocenters. The molecular formula is C25H21F2NO5S. The van der Waals surface area contributed by atoms with Gasteiger partial charge in [0.25, 0.3) is 10.0 Å². The third-order valence-electron chi connectivity index (χ3n) is 5.63. The molecule has 0 N–H and O–H groups in total. The van der Waals surface area contributed by atoms with Gasteiger partial charge in [0, 0.05) is 11.6 Å². The van der Waals surface area contributed by atoms with Gasteiger partial charge in [0.15, 0.2) is 17.7 Å². The Balaban J connectivity index is 1.56. The number of carbonyl (C=O) groups excluding carboxylic acids is 2. The summed E-state index contributed by atoms with van der Waals surface area (Å²) in [4.78, 5) is 25.0. The van der Waals surface area contributed by atoms with E-state index in [1.54, 1.807) is 19.1 Å². The Morgan fingerprint density at radius 1 is 0.971 bits per heavy atom. The van der Waals surface area contributed by atoms with E-state index in [0.29, 0.717) is 12.1 Å². The van der Waals surface area contributed by atoms with E-state index >= 15 is 0 Å². The molecule has 0 saturated heterocycles. The number of halogens is 2. The van der Waals surface area contributed by atoms with Gasteiger partial charge in [0.1, 0.15) is 0 Å². The second-order valence-corrected chi connectivity index (χ2v) is 9.87. The van der Waals surface area contributed by atoms with Gasteiger partial charge in [-0.2, -0.15) is 0 Å². The second-order valence-electron chi connectivity index (χ2n) is 8.05. The number of anilines is 1. The fraction of sp³-hybridized carbons (Fsp3) is 0.200. The second kappa shape index (κ2) is 8.98. The number of carbonyl (C=O) groups is 2. The van der Waals surface area contributed by atoms with Gasteiger partial charge in [-0.05, 0) is 68.3 Å². The minimum atomic E-state index is -3.97. The van der Waals surface area contributed by atoms with E-state index in [4.69, 9.17) is 4.74 Å². The smallest absolute Gasteiger partial charge is 0.338 e. The lowest BCUT2D eigenvalue weighted by molar-refractivity contribution is 0.0318. The van der Waals surface area contributed by atoms with Gasteiger partial charge in [0.05, 0.1) is 16.1 Å². The first-order valence-electron chi connectivity index (χ1n) is 10.5. The maximum absolute atomic E-state index is 13.4. The first kappa shape index (κ1) is 23.6. The molecule has 1 heterocycles. The normalized spacial score (nSPS) is 16.1. The Bertz CT molecular complexity index is 1390. The average molecular weight is 486 g/mol. The number of nitrogens with zero attached hydrogens (tertiary/aromatic N) is 1. The number of ether oxygens (including phenoxy) is 1. The number of fused-ring (bicyclic) bond motifs is 1. The molecule has 1 aliphatic heterocycles. The van der Waals surface area contributed by atoms with Crippen molar-refractivity contribution < 1.29 is 31.5 Å². The van der Waals surface area contributed by atoms with Crippen LogP contribution in [0.4, 0.5) is 14.5 Å². The lowest BCUT2D eigenvalue weighted by Crippen LogP contribution is -2.35. The van der Waals surface area contributed by atoms with Crippen LogP contribution in [0.2, 0.25) is 0 Å². The molecule has 3 aromatic carbocycles. The maximum atomic E-state index is 13.4. The van der Waals surface area contributed by atoms with Crippen molar-refractivity contribution in [1.29, 1.82) is 0 Å². The van der Waals surface area contributed by atoms with Crippen molar-refractivity contribution >= 4 is 27.5 Å². The van der Waals surface area contributed by atoms with Crippen LogP contribution in [-0.2, 0) is 21.2 Å². The Labute approximate surface area is 195 Å². The summed E-state index contributed by atoms with van der Waals surface area (Å²) in [5.41, 5.74) is 1.29. The van der Waals surface area contributed by atoms with Crippen LogP contribution in [0.25, 0.3) is 0 Å². The number of esters is 1. The van der Waals surface area contributed by atoms with Crippen molar-refractivity contribution in [3.63, 3.8) is 0 Å². The molecule has 0 fully saturated rings. The number of sulfonamides is 1. The third-order valence-corrected chi connectivity index (χ3v) is 7.55. The molecule has 0 bridgehead atoms. The summed E-state index contributed by atoms with van der Waals surface area (Å²) in [6.07, 6.45) is -0.732. The SMILES string of the molecule is CC(OC(=O)c1cccc(S(=O)(=O)N2c3ccccc3CC2C)c1)C(=O)c1ccc(F)c(F)c1. The lowest BCUT2D eigenvalue weighted by atomic mass is 10.1. The molecule has 9 heteroatoms. The summed E-state index contributed by atoms with van der Waals surface area (Å²) in [7, 11) is -3.97. The Morgan fingerprint density at radius 2 is 1.71 bits per heavy atom. The fourth-order valence-corrected chi connectivity index (χ4v) is 5.71. The van der Waals surface area contributed by atoms with E-state index in [2.05, 4.69) is 0 Å². The van der Waals surface area contributed by atoms with Gasteiger partial charge < -0.3 is 4.74 Å². The molecular weight excluding hydrogens is 464 g/mol. The number of hydrogen-bond donors (Lipinski definition) is 0. The number of Topliss-reactive ketones (excluding diaryl/α,β-unsaturated/α-hetero) is 1. The van der Waals surface area contributed by atoms with Crippen molar-refractivity contribution in [2.75, 3.05) is 4.31 Å². The number of ketones is 1. The zero-order valence-corrected chi connectivity index (χ0v) is 19.2. The molecule has 0 spiro atoms. The number of benzene rings is 3. The number of hydrogen-bond acceptors (Lipinski definition) is 5. The summed E-state index contributed by atoms with van der Waals surface area (Å²) < 4.78 is 59.9. The third kappa shape index (κ3) is 4.31. The highest BCUT2D eigenvalue weighted by Crippen LogP contribution is 2.36. The Morgan fingerprint density at radius 3 is 2.44 bits per heavy atom. The molecule has 0 aromatic heterocycles. The summed E-state index contributed by atoms with van der Waals surface area (Å²) >= 11 is 0. The number of rotatable bonds is 6. The van der Waals surface area contributed by atoms with Gasteiger partial charge in [0.2, 0.25) is 5.78 Å². The highest BCUT2D eigenvalue weighted by molar-refractivity contribution is 7.92. The summed E-state index contributed by atoms with van der Waals surface area (Å²) in [6, 6.07) is 14.9. The van der Waals surface area contributed by atoms with E-state index < -0.39 is 39.5 Å². The summed E-state index contributed by atoms with van der Waals surface area (Å²) in [5, 5.41) is 0. The predicted molar refractivity (Wildman–Crippen MR) is 121 cm³/mol. The van der Waals surface area contributed by atoms with Crippen molar-refractivity contribution in [2.45, 2.75) is 37.3 Å². The van der Waals surface area contributed by atoms with Gasteiger partial charge in [-0.15, -0.1) is 0 Å². The summed E-state index contributed by atoms with van der Waals surface area (Å²) in [5.74, 6) is -3.94. The van der Waals surface area contributed by atoms with Crippen LogP contribution in [0.1, 0.15) is 40.1 Å². The molecule has 176 valence electrons. The fourth-order valence-electron chi connectivity index (χ4n) is 3.97. The van der Waals surface area contributed by atoms with Crippen LogP contribution in [0.3, 0.4) is 0 Å². The van der Waals surface area contributed by atoms with Crippen LogP contribution in [0.15, 0.2) is 71.6 Å². The molecule has 34 heavy (non-hydrogen) atoms. The van der Waals surface area contributed by atoms with E-state index in [1.165, 1.54) is 35.5 Å². The predicted octanol–water partition coefficient (Wildman–Crippen LogP) is 4.53. The van der Waals surface area contributed by atoms with Crippen molar-refractivity contribution in [3.8, 4) is 0 Å². The summed E-state index contributed by atoms with van der Waals surface area (Å²) in [6.45, 7) is 3.10. The Kier molecular flexibility index (Phi) is 6.22. The van der Waals surface area contributed by atoms with E-state index in [1.807, 2.05) is 12.1 Å². The monoisotopic (exact) mass is 485 g/mol. The molecule has 2 atom stereocenters. The van der Waals surface area contributed by atoms with Gasteiger partial charge in [-0.3, -0.25) is 9.10 Å². The molecule has 4 rings (SSSR count). The van der Waals surface area contributed by atoms with E-state index in [-0.39, 0.29) is 22.1 Å². The van der Waals surface area contributed by atoms with Crippen molar-refractivity contribution in [1.82, 2.24) is 0 Å². The zero-order valence-electron chi connectivity index (χ0n) is 18.4. The topological polar surface area (TPSA) is 80.8 Å². The largest absolute Gasteiger partial charge is 0.451 e. The van der Waals surface area contributed by atoms with Crippen LogP contribution in [0.5, 0.6) is 0 Å². The van der Waals surface area contributed by atoms with Crippen molar-refractivity contribution in [3.05, 3.63) is 95.1 Å². The van der Waals surface area contributed by atoms with Gasteiger partial charge in [-0.1, -0.05) is 24.3 Å². The molecule has 6 nitrogen and oxygen atoms in total. The highest BCUT2D eigenvalue weighted by atomic mass is 32.2. The zero-order chi connectivity index (χ0) is 24.6. The first-order chi connectivity index (χ1) is 16.1. The molecule has 0 amide bonds. The standard InChI is InChI=1S/C25H21F2NO5S/c1-15-12-17-6-3-4-9-23(17)28(15)34(31,32)20-8-5-7-19(13-20)25(30)33-16(2)24(29)18-10-11-21(26)22(27)14-18/h3-11,13-16H,12H2,1-2H3. The van der Waals surface area contributed by atoms with E-state index in [0.717, 1.165) is 23.8 Å². The van der Waals surface area contributed by atoms with Crippen molar-refractivity contribution in [2.24, 2.45) is 0 Å². The van der Waals surface area contributed by atoms with Crippen LogP contribution >= 0.6 is 0 Å². The Hall–Kier alpha value is -3.59. The minimum absolute atomic E-state index is 0.0638. The minimum Gasteiger partial charge on any atom is -0.451 e. The van der Waals surface area contributed by atoms with E-state index in [9.17, 15) is 26.8 Å². The van der Waals surface area contributed by atoms with Crippen LogP contribution in [0, 0.1) is 11.6 Å². The molecule has 0 radical (unpaired) electrons. The molecule has 1 aliphatic rings. The first-order valence-corrected chi connectivity index (χ1v) is 12.0. The average Bonchev–Trinajstić information content (AvgIpc) is 3.16. The molecule has 3 aromatic rings. The van der Waals surface area contributed by atoms with Crippen LogP contribution < -0.4 is 4.31 Å². The van der Waals surface area contributed by atoms with Gasteiger partial charge in [-0.25, -0.2) is 22.0 Å².